The van der Waals surface area contributed by atoms with Crippen LogP contribution in [0.2, 0.25) is 0 Å². The molecular formula is C15H20INO2. The molecule has 1 aromatic carbocycles. The van der Waals surface area contributed by atoms with Crippen molar-refractivity contribution in [3.63, 3.8) is 0 Å². The molecule has 19 heavy (non-hydrogen) atoms. The van der Waals surface area contributed by atoms with Crippen LogP contribution in [0.4, 0.5) is 0 Å². The zero-order chi connectivity index (χ0) is 13.7. The molecule has 2 N–H and O–H groups in total. The second-order valence-corrected chi connectivity index (χ2v) is 6.49. The highest BCUT2D eigenvalue weighted by atomic mass is 127. The molecule has 0 amide bonds. The van der Waals surface area contributed by atoms with Crippen molar-refractivity contribution in [3.05, 3.63) is 33.4 Å². The lowest BCUT2D eigenvalue weighted by Gasteiger charge is -2.28. The maximum atomic E-state index is 11.2. The standard InChI is InChI=1S/C15H20INO2/c16-13-7-5-11(6-8-13)9-17-10-12-3-1-2-4-14(12)15(18)19/h5-8,12,14,17H,1-4,9-10H2,(H,18,19). The monoisotopic (exact) mass is 373 g/mol. The maximum Gasteiger partial charge on any atom is 0.306 e. The Morgan fingerprint density at radius 3 is 2.63 bits per heavy atom. The van der Waals surface area contributed by atoms with Gasteiger partial charge in [0.2, 0.25) is 0 Å². The van der Waals surface area contributed by atoms with Gasteiger partial charge in [0, 0.05) is 10.1 Å². The fraction of sp³-hybridized carbons (Fsp3) is 0.533. The predicted octanol–water partition coefficient (Wildman–Crippen LogP) is 3.27. The SMILES string of the molecule is O=C(O)C1CCCCC1CNCc1ccc(I)cc1. The van der Waals surface area contributed by atoms with Gasteiger partial charge in [-0.25, -0.2) is 0 Å². The van der Waals surface area contributed by atoms with Crippen LogP contribution in [0.25, 0.3) is 0 Å². The molecule has 0 aliphatic heterocycles. The van der Waals surface area contributed by atoms with E-state index in [0.717, 1.165) is 32.4 Å². The van der Waals surface area contributed by atoms with Gasteiger partial charge in [-0.2, -0.15) is 0 Å². The van der Waals surface area contributed by atoms with Crippen LogP contribution in [-0.4, -0.2) is 17.6 Å². The molecule has 1 fully saturated rings. The Balaban J connectivity index is 1.80. The normalized spacial score (nSPS) is 23.2. The third-order valence-electron chi connectivity index (χ3n) is 3.88. The van der Waals surface area contributed by atoms with Gasteiger partial charge in [0.1, 0.15) is 0 Å². The van der Waals surface area contributed by atoms with Crippen LogP contribution in [0, 0.1) is 15.4 Å². The topological polar surface area (TPSA) is 49.3 Å². The van der Waals surface area contributed by atoms with E-state index in [1.54, 1.807) is 0 Å². The predicted molar refractivity (Wildman–Crippen MR) is 83.9 cm³/mol. The van der Waals surface area contributed by atoms with Crippen molar-refractivity contribution in [1.82, 2.24) is 5.32 Å². The van der Waals surface area contributed by atoms with Gasteiger partial charge in [0.05, 0.1) is 5.92 Å². The van der Waals surface area contributed by atoms with E-state index in [4.69, 9.17) is 0 Å². The van der Waals surface area contributed by atoms with E-state index in [0.29, 0.717) is 0 Å². The first-order valence-electron chi connectivity index (χ1n) is 6.85. The molecular weight excluding hydrogens is 353 g/mol. The Bertz CT molecular complexity index is 419. The number of carboxylic acids is 1. The number of halogens is 1. The van der Waals surface area contributed by atoms with Crippen molar-refractivity contribution in [2.75, 3.05) is 6.54 Å². The maximum absolute atomic E-state index is 11.2. The van der Waals surface area contributed by atoms with Gasteiger partial charge in [0.25, 0.3) is 0 Å². The number of rotatable bonds is 5. The van der Waals surface area contributed by atoms with E-state index in [1.165, 1.54) is 15.6 Å². The molecule has 2 rings (SSSR count). The number of benzene rings is 1. The Hall–Kier alpha value is -0.620. The smallest absolute Gasteiger partial charge is 0.306 e. The summed E-state index contributed by atoms with van der Waals surface area (Å²) < 4.78 is 1.24. The minimum atomic E-state index is -0.624. The van der Waals surface area contributed by atoms with E-state index in [1.807, 2.05) is 0 Å². The zero-order valence-corrected chi connectivity index (χ0v) is 13.1. The Kier molecular flexibility index (Phi) is 5.63. The van der Waals surface area contributed by atoms with Crippen LogP contribution in [0.1, 0.15) is 31.2 Å². The Labute approximate surface area is 127 Å². The van der Waals surface area contributed by atoms with Gasteiger partial charge in [0.15, 0.2) is 0 Å². The second kappa shape index (κ2) is 7.24. The molecule has 0 saturated heterocycles. The van der Waals surface area contributed by atoms with E-state index in [9.17, 15) is 9.90 Å². The molecule has 3 nitrogen and oxygen atoms in total. The Morgan fingerprint density at radius 1 is 1.26 bits per heavy atom. The van der Waals surface area contributed by atoms with E-state index >= 15 is 0 Å². The third kappa shape index (κ3) is 4.45. The summed E-state index contributed by atoms with van der Waals surface area (Å²) >= 11 is 2.29. The van der Waals surface area contributed by atoms with E-state index in [-0.39, 0.29) is 11.8 Å². The van der Waals surface area contributed by atoms with Crippen LogP contribution < -0.4 is 5.32 Å². The number of nitrogens with one attached hydrogen (secondary N) is 1. The zero-order valence-electron chi connectivity index (χ0n) is 10.9. The summed E-state index contributed by atoms with van der Waals surface area (Å²) in [6.07, 6.45) is 4.10. The van der Waals surface area contributed by atoms with Crippen molar-refractivity contribution < 1.29 is 9.90 Å². The van der Waals surface area contributed by atoms with Gasteiger partial charge in [-0.3, -0.25) is 4.79 Å². The fourth-order valence-corrected chi connectivity index (χ4v) is 3.14. The first-order chi connectivity index (χ1) is 9.16. The van der Waals surface area contributed by atoms with Crippen LogP contribution in [-0.2, 0) is 11.3 Å². The third-order valence-corrected chi connectivity index (χ3v) is 4.59. The molecule has 2 unspecified atom stereocenters. The van der Waals surface area contributed by atoms with Gasteiger partial charge in [-0.1, -0.05) is 25.0 Å². The molecule has 1 aliphatic carbocycles. The van der Waals surface area contributed by atoms with E-state index < -0.39 is 5.97 Å². The number of hydrogen-bond donors (Lipinski definition) is 2. The van der Waals surface area contributed by atoms with Crippen molar-refractivity contribution in [2.45, 2.75) is 32.2 Å². The number of carbonyl (C=O) groups is 1. The first-order valence-corrected chi connectivity index (χ1v) is 7.92. The minimum Gasteiger partial charge on any atom is -0.481 e. The number of hydrogen-bond acceptors (Lipinski definition) is 2. The average molecular weight is 373 g/mol. The van der Waals surface area contributed by atoms with E-state index in [2.05, 4.69) is 52.2 Å². The number of aliphatic carboxylic acids is 1. The van der Waals surface area contributed by atoms with Gasteiger partial charge >= 0.3 is 5.97 Å². The van der Waals surface area contributed by atoms with Crippen molar-refractivity contribution in [2.24, 2.45) is 11.8 Å². The quantitative estimate of drug-likeness (QED) is 0.779. The van der Waals surface area contributed by atoms with Crippen LogP contribution in [0.3, 0.4) is 0 Å². The molecule has 1 saturated carbocycles. The second-order valence-electron chi connectivity index (χ2n) is 5.25. The molecule has 104 valence electrons. The molecule has 1 aliphatic rings. The van der Waals surface area contributed by atoms with Crippen LogP contribution >= 0.6 is 22.6 Å². The molecule has 0 spiro atoms. The fourth-order valence-electron chi connectivity index (χ4n) is 2.78. The molecule has 4 heteroatoms. The minimum absolute atomic E-state index is 0.155. The van der Waals surface area contributed by atoms with Crippen molar-refractivity contribution in [3.8, 4) is 0 Å². The summed E-state index contributed by atoms with van der Waals surface area (Å²) in [5.41, 5.74) is 1.25. The first kappa shape index (κ1) is 14.8. The lowest BCUT2D eigenvalue weighted by molar-refractivity contribution is -0.144. The Morgan fingerprint density at radius 2 is 1.95 bits per heavy atom. The molecule has 2 atom stereocenters. The molecule has 1 aromatic rings. The van der Waals surface area contributed by atoms with Gasteiger partial charge in [-0.15, -0.1) is 0 Å². The summed E-state index contributed by atoms with van der Waals surface area (Å²) in [6, 6.07) is 8.42. The average Bonchev–Trinajstić information content (AvgIpc) is 2.41. The summed E-state index contributed by atoms with van der Waals surface area (Å²) in [5, 5.41) is 12.6. The molecule has 0 radical (unpaired) electrons. The van der Waals surface area contributed by atoms with Crippen molar-refractivity contribution >= 4 is 28.6 Å². The lowest BCUT2D eigenvalue weighted by Crippen LogP contribution is -2.34. The molecule has 0 heterocycles. The summed E-state index contributed by atoms with van der Waals surface area (Å²) in [7, 11) is 0. The van der Waals surface area contributed by atoms with Crippen LogP contribution in [0.5, 0.6) is 0 Å². The molecule has 0 bridgehead atoms. The van der Waals surface area contributed by atoms with Gasteiger partial charge < -0.3 is 10.4 Å². The molecule has 0 aromatic heterocycles. The highest BCUT2D eigenvalue weighted by molar-refractivity contribution is 14.1. The summed E-state index contributed by atoms with van der Waals surface area (Å²) in [6.45, 7) is 1.63. The van der Waals surface area contributed by atoms with Crippen molar-refractivity contribution in [1.29, 1.82) is 0 Å². The number of carboxylic acid groups (broad SMARTS) is 1. The highest BCUT2D eigenvalue weighted by Gasteiger charge is 2.30. The highest BCUT2D eigenvalue weighted by Crippen LogP contribution is 2.29. The summed E-state index contributed by atoms with van der Waals surface area (Å²) in [5.74, 6) is -0.492. The lowest BCUT2D eigenvalue weighted by atomic mass is 9.79. The largest absolute Gasteiger partial charge is 0.481 e. The van der Waals surface area contributed by atoms with Crippen LogP contribution in [0.15, 0.2) is 24.3 Å². The van der Waals surface area contributed by atoms with Gasteiger partial charge in [-0.05, 0) is 65.6 Å². The summed E-state index contributed by atoms with van der Waals surface area (Å²) in [4.78, 5) is 11.2.